The van der Waals surface area contributed by atoms with Gasteiger partial charge in [-0.2, -0.15) is 0 Å². The molecule has 0 aliphatic carbocycles. The van der Waals surface area contributed by atoms with Crippen LogP contribution >= 0.6 is 11.3 Å². The first-order chi connectivity index (χ1) is 15.1. The van der Waals surface area contributed by atoms with Gasteiger partial charge in [0.2, 0.25) is 6.79 Å². The summed E-state index contributed by atoms with van der Waals surface area (Å²) in [5, 5.41) is 4.63. The molecule has 0 fully saturated rings. The minimum atomic E-state index is -0.457. The van der Waals surface area contributed by atoms with Gasteiger partial charge < -0.3 is 19.8 Å². The lowest BCUT2D eigenvalue weighted by Crippen LogP contribution is -2.34. The fourth-order valence-electron chi connectivity index (χ4n) is 3.39. The van der Waals surface area contributed by atoms with Crippen LogP contribution < -0.4 is 26.0 Å². The average molecular weight is 435 g/mol. The Labute approximate surface area is 179 Å². The number of aromatic amines is 1. The van der Waals surface area contributed by atoms with Crippen LogP contribution in [0.4, 0.5) is 0 Å². The number of hydrogen-bond acceptors (Lipinski definition) is 6. The van der Waals surface area contributed by atoms with Crippen molar-refractivity contribution in [1.29, 1.82) is 0 Å². The highest BCUT2D eigenvalue weighted by Gasteiger charge is 2.14. The minimum absolute atomic E-state index is 0.126. The zero-order valence-corrected chi connectivity index (χ0v) is 17.0. The van der Waals surface area contributed by atoms with E-state index in [2.05, 4.69) is 10.3 Å². The highest BCUT2D eigenvalue weighted by molar-refractivity contribution is 7.17. The number of nitrogens with one attached hydrogen (secondary N) is 2. The summed E-state index contributed by atoms with van der Waals surface area (Å²) in [4.78, 5) is 40.0. The summed E-state index contributed by atoms with van der Waals surface area (Å²) in [7, 11) is 0. The molecule has 0 atom stereocenters. The van der Waals surface area contributed by atoms with Crippen LogP contribution in [0.15, 0.2) is 63.5 Å². The van der Waals surface area contributed by atoms with E-state index in [9.17, 15) is 14.4 Å². The second-order valence-electron chi connectivity index (χ2n) is 7.05. The van der Waals surface area contributed by atoms with Crippen molar-refractivity contribution in [3.8, 4) is 11.5 Å². The third-order valence-electron chi connectivity index (χ3n) is 5.04. The molecule has 156 valence electrons. The Morgan fingerprint density at radius 3 is 2.65 bits per heavy atom. The number of H-pyrrole nitrogens is 1. The zero-order chi connectivity index (χ0) is 21.4. The van der Waals surface area contributed by atoms with Gasteiger partial charge in [0, 0.05) is 12.1 Å². The largest absolute Gasteiger partial charge is 0.454 e. The van der Waals surface area contributed by atoms with Gasteiger partial charge in [-0.15, -0.1) is 11.3 Å². The fraction of sp³-hybridized carbons (Fsp3) is 0.136. The van der Waals surface area contributed by atoms with Crippen molar-refractivity contribution in [2.75, 3.05) is 6.79 Å². The number of carbonyl (C=O) groups is 1. The molecule has 1 amide bonds. The molecule has 0 bridgehead atoms. The van der Waals surface area contributed by atoms with Crippen molar-refractivity contribution in [2.24, 2.45) is 0 Å². The van der Waals surface area contributed by atoms with Gasteiger partial charge >= 0.3 is 5.69 Å². The molecule has 2 aromatic heterocycles. The van der Waals surface area contributed by atoms with Crippen molar-refractivity contribution in [1.82, 2.24) is 14.9 Å². The van der Waals surface area contributed by atoms with Gasteiger partial charge in [-0.3, -0.25) is 14.2 Å². The minimum Gasteiger partial charge on any atom is -0.454 e. The maximum absolute atomic E-state index is 12.6. The molecule has 5 rings (SSSR count). The highest BCUT2D eigenvalue weighted by atomic mass is 32.1. The summed E-state index contributed by atoms with van der Waals surface area (Å²) >= 11 is 1.29. The third-order valence-corrected chi connectivity index (χ3v) is 5.94. The van der Waals surface area contributed by atoms with Gasteiger partial charge in [-0.05, 0) is 46.8 Å². The molecule has 0 saturated heterocycles. The van der Waals surface area contributed by atoms with Crippen LogP contribution in [0.25, 0.3) is 10.2 Å². The lowest BCUT2D eigenvalue weighted by atomic mass is 10.1. The Hall–Kier alpha value is -3.85. The molecule has 4 aromatic rings. The molecule has 2 aromatic carbocycles. The number of nitrogens with zero attached hydrogens (tertiary/aromatic N) is 1. The number of carbonyl (C=O) groups excluding carboxylic acids is 1. The predicted octanol–water partition coefficient (Wildman–Crippen LogP) is 2.46. The van der Waals surface area contributed by atoms with E-state index in [0.717, 1.165) is 15.7 Å². The summed E-state index contributed by atoms with van der Waals surface area (Å²) in [6.07, 6.45) is 0. The van der Waals surface area contributed by atoms with Crippen molar-refractivity contribution >= 4 is 27.5 Å². The Balaban J connectivity index is 1.27. The molecule has 1 aliphatic heterocycles. The zero-order valence-electron chi connectivity index (χ0n) is 16.2. The van der Waals surface area contributed by atoms with Crippen molar-refractivity contribution in [2.45, 2.75) is 13.1 Å². The van der Waals surface area contributed by atoms with Crippen molar-refractivity contribution in [3.05, 3.63) is 91.4 Å². The molecular formula is C22H17N3O5S. The molecule has 2 N–H and O–H groups in total. The number of rotatable bonds is 5. The summed E-state index contributed by atoms with van der Waals surface area (Å²) in [6, 6.07) is 14.1. The van der Waals surface area contributed by atoms with Crippen molar-refractivity contribution in [3.63, 3.8) is 0 Å². The number of benzene rings is 2. The number of aromatic nitrogens is 2. The van der Waals surface area contributed by atoms with Crippen LogP contribution in [0.5, 0.6) is 11.5 Å². The van der Waals surface area contributed by atoms with Crippen LogP contribution in [0, 0.1) is 0 Å². The van der Waals surface area contributed by atoms with E-state index in [4.69, 9.17) is 9.47 Å². The number of ether oxygens (including phenoxy) is 2. The van der Waals surface area contributed by atoms with Gasteiger partial charge in [0.05, 0.1) is 12.1 Å². The van der Waals surface area contributed by atoms with Crippen LogP contribution in [-0.2, 0) is 13.1 Å². The Morgan fingerprint density at radius 2 is 1.81 bits per heavy atom. The quantitative estimate of drug-likeness (QED) is 0.501. The predicted molar refractivity (Wildman–Crippen MR) is 116 cm³/mol. The summed E-state index contributed by atoms with van der Waals surface area (Å²) in [5.41, 5.74) is 1.90. The van der Waals surface area contributed by atoms with E-state index in [0.29, 0.717) is 33.8 Å². The van der Waals surface area contributed by atoms with E-state index in [-0.39, 0.29) is 24.8 Å². The van der Waals surface area contributed by atoms with E-state index >= 15 is 0 Å². The fourth-order valence-corrected chi connectivity index (χ4v) is 4.19. The normalized spacial score (nSPS) is 12.3. The Bertz CT molecular complexity index is 1400. The molecule has 0 radical (unpaired) electrons. The van der Waals surface area contributed by atoms with Gasteiger partial charge in [0.25, 0.3) is 11.5 Å². The standard InChI is InChI=1S/C22H17N3O5S/c26-20(23-10-14-3-6-17-18(9-14)30-12-29-17)15-4-1-13(2-5-15)11-25-21(27)19-16(7-8-31-19)24-22(25)28/h1-9H,10-12H2,(H,23,26)(H,24,28). The molecule has 0 saturated carbocycles. The first-order valence-electron chi connectivity index (χ1n) is 9.54. The molecule has 0 spiro atoms. The highest BCUT2D eigenvalue weighted by Crippen LogP contribution is 2.32. The van der Waals surface area contributed by atoms with Crippen LogP contribution in [-0.4, -0.2) is 22.3 Å². The van der Waals surface area contributed by atoms with E-state index in [1.165, 1.54) is 11.3 Å². The second-order valence-corrected chi connectivity index (χ2v) is 7.97. The van der Waals surface area contributed by atoms with E-state index < -0.39 is 5.69 Å². The van der Waals surface area contributed by atoms with Crippen molar-refractivity contribution < 1.29 is 14.3 Å². The van der Waals surface area contributed by atoms with Crippen LogP contribution in [0.2, 0.25) is 0 Å². The van der Waals surface area contributed by atoms with Crippen LogP contribution in [0.1, 0.15) is 21.5 Å². The number of amides is 1. The molecule has 31 heavy (non-hydrogen) atoms. The van der Waals surface area contributed by atoms with Gasteiger partial charge in [0.1, 0.15) is 4.70 Å². The number of thiophene rings is 1. The monoisotopic (exact) mass is 435 g/mol. The summed E-state index contributed by atoms with van der Waals surface area (Å²) < 4.78 is 12.3. The molecule has 0 unspecified atom stereocenters. The van der Waals surface area contributed by atoms with E-state index in [1.807, 2.05) is 18.2 Å². The Kier molecular flexibility index (Phi) is 4.79. The lowest BCUT2D eigenvalue weighted by molar-refractivity contribution is 0.0951. The van der Waals surface area contributed by atoms with Gasteiger partial charge in [-0.25, -0.2) is 4.79 Å². The molecule has 1 aliphatic rings. The maximum Gasteiger partial charge on any atom is 0.329 e. The first-order valence-corrected chi connectivity index (χ1v) is 10.4. The Morgan fingerprint density at radius 1 is 1.03 bits per heavy atom. The summed E-state index contributed by atoms with van der Waals surface area (Å²) in [6.45, 7) is 0.681. The molecule has 8 nitrogen and oxygen atoms in total. The SMILES string of the molecule is O=C(NCc1ccc2c(c1)OCO2)c1ccc(Cn2c(=O)[nH]c3ccsc3c2=O)cc1. The second kappa shape index (κ2) is 7.77. The number of fused-ring (bicyclic) bond motifs is 2. The van der Waals surface area contributed by atoms with Gasteiger partial charge in [0.15, 0.2) is 11.5 Å². The maximum atomic E-state index is 12.6. The molecule has 9 heteroatoms. The van der Waals surface area contributed by atoms with Crippen LogP contribution in [0.3, 0.4) is 0 Å². The lowest BCUT2D eigenvalue weighted by Gasteiger charge is -2.08. The topological polar surface area (TPSA) is 102 Å². The molecular weight excluding hydrogens is 418 g/mol. The first kappa shape index (κ1) is 19.1. The number of hydrogen-bond donors (Lipinski definition) is 2. The van der Waals surface area contributed by atoms with E-state index in [1.54, 1.807) is 35.7 Å². The smallest absolute Gasteiger partial charge is 0.329 e. The summed E-state index contributed by atoms with van der Waals surface area (Å²) in [5.74, 6) is 1.14. The third kappa shape index (κ3) is 3.71. The average Bonchev–Trinajstić information content (AvgIpc) is 3.44. The molecule has 3 heterocycles. The van der Waals surface area contributed by atoms with Gasteiger partial charge in [-0.1, -0.05) is 18.2 Å².